The molecule has 1 heterocycles. The second-order valence-corrected chi connectivity index (χ2v) is 6.31. The smallest absolute Gasteiger partial charge is 0.0705 e. The number of hydrogen-bond donors (Lipinski definition) is 2. The summed E-state index contributed by atoms with van der Waals surface area (Å²) in [6.07, 6.45) is 0. The third-order valence-electron chi connectivity index (χ3n) is 3.60. The van der Waals surface area contributed by atoms with Gasteiger partial charge in [0.1, 0.15) is 0 Å². The fraction of sp³-hybridized carbons (Fsp3) is 0.467. The number of H-pyrrole nitrogens is 1. The molecule has 0 radical (unpaired) electrons. The topological polar surface area (TPSA) is 27.8 Å². The number of nitrogens with one attached hydrogen (secondary N) is 2. The highest BCUT2D eigenvalue weighted by Gasteiger charge is 2.20. The minimum Gasteiger partial charge on any atom is -0.356 e. The van der Waals surface area contributed by atoms with Gasteiger partial charge in [-0.15, -0.1) is 0 Å². The summed E-state index contributed by atoms with van der Waals surface area (Å²) in [6.45, 7) is 9.68. The number of aromatic nitrogens is 1. The molecule has 0 amide bonds. The van der Waals surface area contributed by atoms with Gasteiger partial charge in [0, 0.05) is 29.2 Å². The van der Waals surface area contributed by atoms with Crippen LogP contribution in [-0.4, -0.2) is 11.0 Å². The zero-order chi connectivity index (χ0) is 13.3. The monoisotopic (exact) mass is 264 g/mol. The first-order valence-corrected chi connectivity index (χ1v) is 6.76. The van der Waals surface area contributed by atoms with E-state index < -0.39 is 0 Å². The molecule has 0 spiro atoms. The number of fused-ring (bicyclic) bond motifs is 1. The quantitative estimate of drug-likeness (QED) is 0.848. The molecular weight excluding hydrogens is 244 g/mol. The van der Waals surface area contributed by atoms with E-state index in [1.165, 1.54) is 0 Å². The summed E-state index contributed by atoms with van der Waals surface area (Å²) in [5, 5.41) is 5.45. The lowest BCUT2D eigenvalue weighted by molar-refractivity contribution is 0.284. The minimum absolute atomic E-state index is 0.249. The summed E-state index contributed by atoms with van der Waals surface area (Å²) in [7, 11) is 0. The Morgan fingerprint density at radius 1 is 1.28 bits per heavy atom. The Morgan fingerprint density at radius 2 is 1.94 bits per heavy atom. The van der Waals surface area contributed by atoms with Crippen molar-refractivity contribution >= 4 is 22.5 Å². The summed E-state index contributed by atoms with van der Waals surface area (Å²) in [4.78, 5) is 3.38. The van der Waals surface area contributed by atoms with Crippen LogP contribution in [0.3, 0.4) is 0 Å². The van der Waals surface area contributed by atoms with Crippen LogP contribution >= 0.6 is 11.6 Å². The predicted molar refractivity (Wildman–Crippen MR) is 79.1 cm³/mol. The number of para-hydroxylation sites is 1. The first-order valence-electron chi connectivity index (χ1n) is 6.38. The normalized spacial score (nSPS) is 14.1. The SMILES string of the molecule is CC(NCc1[nH]c2ccccc2c1Cl)C(C)(C)C. The van der Waals surface area contributed by atoms with Crippen molar-refractivity contribution in [1.82, 2.24) is 10.3 Å². The molecule has 2 N–H and O–H groups in total. The van der Waals surface area contributed by atoms with E-state index in [0.717, 1.165) is 28.2 Å². The molecular formula is C15H21ClN2. The van der Waals surface area contributed by atoms with Crippen molar-refractivity contribution in [3.05, 3.63) is 35.0 Å². The van der Waals surface area contributed by atoms with Gasteiger partial charge in [0.05, 0.1) is 5.02 Å². The Morgan fingerprint density at radius 3 is 2.56 bits per heavy atom. The number of halogens is 1. The largest absolute Gasteiger partial charge is 0.356 e. The zero-order valence-corrected chi connectivity index (χ0v) is 12.2. The lowest BCUT2D eigenvalue weighted by Gasteiger charge is -2.28. The number of benzene rings is 1. The maximum Gasteiger partial charge on any atom is 0.0705 e. The highest BCUT2D eigenvalue weighted by atomic mass is 35.5. The molecule has 18 heavy (non-hydrogen) atoms. The van der Waals surface area contributed by atoms with Gasteiger partial charge in [-0.2, -0.15) is 0 Å². The van der Waals surface area contributed by atoms with Crippen LogP contribution in [-0.2, 0) is 6.54 Å². The average Bonchev–Trinajstić information content (AvgIpc) is 2.63. The molecule has 2 nitrogen and oxygen atoms in total. The first-order chi connectivity index (χ1) is 8.39. The molecule has 0 saturated heterocycles. The van der Waals surface area contributed by atoms with Gasteiger partial charge in [-0.1, -0.05) is 50.6 Å². The van der Waals surface area contributed by atoms with E-state index in [1.54, 1.807) is 0 Å². The van der Waals surface area contributed by atoms with Gasteiger partial charge in [-0.25, -0.2) is 0 Å². The molecule has 2 rings (SSSR count). The van der Waals surface area contributed by atoms with Gasteiger partial charge >= 0.3 is 0 Å². The summed E-state index contributed by atoms with van der Waals surface area (Å²) < 4.78 is 0. The van der Waals surface area contributed by atoms with E-state index in [2.05, 4.69) is 44.1 Å². The molecule has 1 aromatic carbocycles. The van der Waals surface area contributed by atoms with Crippen molar-refractivity contribution in [1.29, 1.82) is 0 Å². The Bertz CT molecular complexity index is 537. The van der Waals surface area contributed by atoms with Crippen LogP contribution in [0.15, 0.2) is 24.3 Å². The van der Waals surface area contributed by atoms with Crippen LogP contribution in [0, 0.1) is 5.41 Å². The number of rotatable bonds is 3. The van der Waals surface area contributed by atoms with Crippen LogP contribution in [0.5, 0.6) is 0 Å². The summed E-state index contributed by atoms with van der Waals surface area (Å²) in [5.74, 6) is 0. The molecule has 0 aliphatic rings. The van der Waals surface area contributed by atoms with E-state index in [9.17, 15) is 0 Å². The summed E-state index contributed by atoms with van der Waals surface area (Å²) in [5.41, 5.74) is 2.41. The van der Waals surface area contributed by atoms with Crippen LogP contribution in [0.25, 0.3) is 10.9 Å². The highest BCUT2D eigenvalue weighted by Crippen LogP contribution is 2.27. The van der Waals surface area contributed by atoms with Gasteiger partial charge in [0.25, 0.3) is 0 Å². The Hall–Kier alpha value is -0.990. The maximum atomic E-state index is 6.38. The van der Waals surface area contributed by atoms with Crippen molar-refractivity contribution in [3.63, 3.8) is 0 Å². The fourth-order valence-corrected chi connectivity index (χ4v) is 2.13. The van der Waals surface area contributed by atoms with Crippen molar-refractivity contribution in [2.75, 3.05) is 0 Å². The standard InChI is InChI=1S/C15H21ClN2/c1-10(15(2,3)4)17-9-13-14(16)11-7-5-6-8-12(11)18-13/h5-8,10,17-18H,9H2,1-4H3. The van der Waals surface area contributed by atoms with Crippen LogP contribution in [0.2, 0.25) is 5.02 Å². The Balaban J connectivity index is 2.15. The molecule has 1 aromatic heterocycles. The van der Waals surface area contributed by atoms with Gasteiger partial charge in [-0.05, 0) is 18.4 Å². The molecule has 98 valence electrons. The maximum absolute atomic E-state index is 6.38. The van der Waals surface area contributed by atoms with Crippen molar-refractivity contribution in [2.24, 2.45) is 5.41 Å². The van der Waals surface area contributed by atoms with E-state index in [-0.39, 0.29) is 5.41 Å². The molecule has 2 aromatic rings. The Labute approximate surface area is 114 Å². The molecule has 0 saturated carbocycles. The summed E-state index contributed by atoms with van der Waals surface area (Å²) >= 11 is 6.38. The van der Waals surface area contributed by atoms with Crippen LogP contribution < -0.4 is 5.32 Å². The molecule has 0 aliphatic carbocycles. The van der Waals surface area contributed by atoms with Crippen LogP contribution in [0.4, 0.5) is 0 Å². The third-order valence-corrected chi connectivity index (χ3v) is 4.03. The molecule has 1 atom stereocenters. The number of aromatic amines is 1. The second kappa shape index (κ2) is 4.94. The molecule has 0 bridgehead atoms. The van der Waals surface area contributed by atoms with Crippen molar-refractivity contribution in [2.45, 2.75) is 40.3 Å². The van der Waals surface area contributed by atoms with Crippen LogP contribution in [0.1, 0.15) is 33.4 Å². The van der Waals surface area contributed by atoms with Crippen molar-refractivity contribution < 1.29 is 0 Å². The zero-order valence-electron chi connectivity index (χ0n) is 11.5. The fourth-order valence-electron chi connectivity index (χ4n) is 1.85. The highest BCUT2D eigenvalue weighted by molar-refractivity contribution is 6.36. The van der Waals surface area contributed by atoms with Gasteiger partial charge < -0.3 is 10.3 Å². The van der Waals surface area contributed by atoms with Gasteiger partial charge in [-0.3, -0.25) is 0 Å². The molecule has 0 aliphatic heterocycles. The minimum atomic E-state index is 0.249. The van der Waals surface area contributed by atoms with E-state index in [0.29, 0.717) is 6.04 Å². The van der Waals surface area contributed by atoms with Crippen molar-refractivity contribution in [3.8, 4) is 0 Å². The molecule has 0 fully saturated rings. The molecule has 3 heteroatoms. The van der Waals surface area contributed by atoms with Gasteiger partial charge in [0.15, 0.2) is 0 Å². The predicted octanol–water partition coefficient (Wildman–Crippen LogP) is 4.35. The first kappa shape index (κ1) is 13.4. The summed E-state index contributed by atoms with van der Waals surface area (Å²) in [6, 6.07) is 8.56. The second-order valence-electron chi connectivity index (χ2n) is 5.93. The Kier molecular flexibility index (Phi) is 3.69. The lowest BCUT2D eigenvalue weighted by atomic mass is 9.88. The molecule has 1 unspecified atom stereocenters. The average molecular weight is 265 g/mol. The lowest BCUT2D eigenvalue weighted by Crippen LogP contribution is -2.37. The van der Waals surface area contributed by atoms with Gasteiger partial charge in [0.2, 0.25) is 0 Å². The number of hydrogen-bond acceptors (Lipinski definition) is 1. The van der Waals surface area contributed by atoms with E-state index >= 15 is 0 Å². The third kappa shape index (κ3) is 2.70. The van der Waals surface area contributed by atoms with E-state index in [1.807, 2.05) is 18.2 Å². The van der Waals surface area contributed by atoms with E-state index in [4.69, 9.17) is 11.6 Å².